The Bertz CT molecular complexity index is 332. The molecule has 76 valence electrons. The van der Waals surface area contributed by atoms with Crippen LogP contribution in [0.3, 0.4) is 0 Å². The van der Waals surface area contributed by atoms with Crippen LogP contribution in [0.1, 0.15) is 6.42 Å². The molecular formula is C7H8N2O5. The van der Waals surface area contributed by atoms with E-state index in [1.807, 2.05) is 0 Å². The average molecular weight is 200 g/mol. The van der Waals surface area contributed by atoms with Crippen LogP contribution in [0.15, 0.2) is 0 Å². The summed E-state index contributed by atoms with van der Waals surface area (Å²) in [6, 6.07) is -0.588. The second-order valence-corrected chi connectivity index (χ2v) is 4.29. The summed E-state index contributed by atoms with van der Waals surface area (Å²) >= 11 is 0. The fourth-order valence-electron chi connectivity index (χ4n) is 3.58. The molecule has 0 aromatic rings. The zero-order valence-corrected chi connectivity index (χ0v) is 7.11. The van der Waals surface area contributed by atoms with E-state index in [-0.39, 0.29) is 22.7 Å². The molecule has 4 rings (SSSR count). The molecule has 0 heterocycles. The SMILES string of the molecule is O=[N+]([O-])O[C@@H]1C2C3[C@H]2C[C@H]1[C@@H]3[N+](=O)[O-]. The van der Waals surface area contributed by atoms with E-state index in [1.165, 1.54) is 0 Å². The van der Waals surface area contributed by atoms with Gasteiger partial charge < -0.3 is 4.84 Å². The summed E-state index contributed by atoms with van der Waals surface area (Å²) in [5, 5.41) is 20.0. The van der Waals surface area contributed by atoms with Crippen molar-refractivity contribution in [1.29, 1.82) is 0 Å². The normalized spacial score (nSPS) is 51.7. The molecule has 0 N–H and O–H groups in total. The molecular weight excluding hydrogens is 192 g/mol. The van der Waals surface area contributed by atoms with Gasteiger partial charge in [0.05, 0.1) is 5.92 Å². The Balaban J connectivity index is 1.81. The first kappa shape index (κ1) is 7.95. The van der Waals surface area contributed by atoms with Crippen molar-refractivity contribution in [2.75, 3.05) is 0 Å². The average Bonchev–Trinajstić information content (AvgIpc) is 2.42. The first-order valence-corrected chi connectivity index (χ1v) is 4.56. The van der Waals surface area contributed by atoms with Crippen LogP contribution < -0.4 is 0 Å². The van der Waals surface area contributed by atoms with E-state index in [4.69, 9.17) is 0 Å². The minimum atomic E-state index is -0.822. The van der Waals surface area contributed by atoms with Gasteiger partial charge in [0.2, 0.25) is 6.04 Å². The van der Waals surface area contributed by atoms with Crippen LogP contribution in [0.4, 0.5) is 0 Å². The van der Waals surface area contributed by atoms with Gasteiger partial charge in [-0.05, 0) is 18.3 Å². The van der Waals surface area contributed by atoms with Crippen LogP contribution in [-0.2, 0) is 4.84 Å². The van der Waals surface area contributed by atoms with Crippen molar-refractivity contribution < 1.29 is 14.8 Å². The van der Waals surface area contributed by atoms with Crippen molar-refractivity contribution in [2.45, 2.75) is 18.6 Å². The predicted molar refractivity (Wildman–Crippen MR) is 41.2 cm³/mol. The summed E-state index contributed by atoms with van der Waals surface area (Å²) in [7, 11) is 0. The van der Waals surface area contributed by atoms with Crippen LogP contribution in [0.5, 0.6) is 0 Å². The topological polar surface area (TPSA) is 95.5 Å². The Morgan fingerprint density at radius 3 is 2.29 bits per heavy atom. The lowest BCUT2D eigenvalue weighted by Gasteiger charge is -2.12. The van der Waals surface area contributed by atoms with E-state index in [1.54, 1.807) is 0 Å². The van der Waals surface area contributed by atoms with Crippen LogP contribution in [0.2, 0.25) is 0 Å². The standard InChI is InChI=1S/C7H8N2O5/c10-8(11)6-3-1-2-4(6)5(2)7(3)14-9(12)13/h2-7H,1H2/t2-,3+,4?,5?,6+,7+/m1/s1. The molecule has 0 aromatic carbocycles. The molecule has 4 bridgehead atoms. The Hall–Kier alpha value is -1.40. The van der Waals surface area contributed by atoms with Gasteiger partial charge in [0.15, 0.2) is 0 Å². The van der Waals surface area contributed by atoms with E-state index in [2.05, 4.69) is 4.84 Å². The Morgan fingerprint density at radius 2 is 1.86 bits per heavy atom. The number of nitro groups is 1. The zero-order chi connectivity index (χ0) is 10.0. The van der Waals surface area contributed by atoms with Gasteiger partial charge in [-0.1, -0.05) is 0 Å². The summed E-state index contributed by atoms with van der Waals surface area (Å²) < 4.78 is 0. The lowest BCUT2D eigenvalue weighted by Crippen LogP contribution is -2.30. The monoisotopic (exact) mass is 200 g/mol. The van der Waals surface area contributed by atoms with E-state index < -0.39 is 17.2 Å². The molecule has 0 radical (unpaired) electrons. The maximum absolute atomic E-state index is 10.7. The molecule has 6 atom stereocenters. The molecule has 7 nitrogen and oxygen atoms in total. The van der Waals surface area contributed by atoms with Crippen molar-refractivity contribution in [3.8, 4) is 0 Å². The lowest BCUT2D eigenvalue weighted by molar-refractivity contribution is -0.771. The number of rotatable bonds is 3. The fourth-order valence-corrected chi connectivity index (χ4v) is 3.58. The third kappa shape index (κ3) is 0.729. The van der Waals surface area contributed by atoms with Crippen LogP contribution in [0.25, 0.3) is 0 Å². The third-order valence-electron chi connectivity index (χ3n) is 3.92. The summed E-state index contributed by atoms with van der Waals surface area (Å²) in [5.74, 6) is 0.233. The molecule has 4 aliphatic rings. The highest BCUT2D eigenvalue weighted by atomic mass is 17.0. The highest BCUT2D eigenvalue weighted by Gasteiger charge is 2.79. The highest BCUT2D eigenvalue weighted by Crippen LogP contribution is 2.71. The zero-order valence-electron chi connectivity index (χ0n) is 7.11. The van der Waals surface area contributed by atoms with Crippen molar-refractivity contribution in [2.24, 2.45) is 23.7 Å². The second kappa shape index (κ2) is 2.15. The second-order valence-electron chi connectivity index (χ2n) is 4.29. The molecule has 0 aliphatic heterocycles. The fraction of sp³-hybridized carbons (Fsp3) is 1.00. The smallest absolute Gasteiger partial charge is 0.294 e. The molecule has 14 heavy (non-hydrogen) atoms. The van der Waals surface area contributed by atoms with Crippen LogP contribution in [-0.4, -0.2) is 22.2 Å². The molecule has 7 heteroatoms. The number of hydrogen-bond acceptors (Lipinski definition) is 5. The van der Waals surface area contributed by atoms with Gasteiger partial charge in [-0.25, -0.2) is 0 Å². The van der Waals surface area contributed by atoms with E-state index in [9.17, 15) is 20.2 Å². The number of nitrogens with zero attached hydrogens (tertiary/aromatic N) is 2. The largest absolute Gasteiger partial charge is 0.310 e. The number of hydrogen-bond donors (Lipinski definition) is 0. The first-order chi connectivity index (χ1) is 6.61. The molecule has 2 unspecified atom stereocenters. The molecule has 0 aromatic heterocycles. The van der Waals surface area contributed by atoms with Crippen molar-refractivity contribution in [3.63, 3.8) is 0 Å². The molecule has 4 fully saturated rings. The maximum atomic E-state index is 10.7. The maximum Gasteiger partial charge on any atom is 0.294 e. The molecule has 0 amide bonds. The molecule has 4 saturated carbocycles. The Morgan fingerprint density at radius 1 is 1.14 bits per heavy atom. The third-order valence-corrected chi connectivity index (χ3v) is 3.92. The first-order valence-electron chi connectivity index (χ1n) is 4.56. The van der Waals surface area contributed by atoms with Gasteiger partial charge in [0.25, 0.3) is 5.09 Å². The minimum Gasteiger partial charge on any atom is -0.310 e. The Kier molecular flexibility index (Phi) is 1.22. The predicted octanol–water partition coefficient (Wildman–Crippen LogP) is 0.104. The minimum absolute atomic E-state index is 0.0555. The quantitative estimate of drug-likeness (QED) is 0.475. The van der Waals surface area contributed by atoms with Crippen LogP contribution in [0, 0.1) is 43.9 Å². The van der Waals surface area contributed by atoms with E-state index >= 15 is 0 Å². The molecule has 0 saturated heterocycles. The summed E-state index contributed by atoms with van der Waals surface area (Å²) in [6.45, 7) is 0. The van der Waals surface area contributed by atoms with Gasteiger partial charge in [-0.3, -0.25) is 10.1 Å². The van der Waals surface area contributed by atoms with Crippen LogP contribution >= 0.6 is 0 Å². The van der Waals surface area contributed by atoms with Crippen molar-refractivity contribution in [3.05, 3.63) is 20.2 Å². The highest BCUT2D eigenvalue weighted by molar-refractivity contribution is 5.21. The van der Waals surface area contributed by atoms with Crippen molar-refractivity contribution in [1.82, 2.24) is 0 Å². The summed E-state index contributed by atoms with van der Waals surface area (Å²) in [5.41, 5.74) is 0. The molecule has 0 spiro atoms. The Labute approximate surface area is 78.3 Å². The van der Waals surface area contributed by atoms with E-state index in [0.29, 0.717) is 5.92 Å². The van der Waals surface area contributed by atoms with Gasteiger partial charge >= 0.3 is 0 Å². The summed E-state index contributed by atoms with van der Waals surface area (Å²) in [6.07, 6.45) is 0.231. The van der Waals surface area contributed by atoms with E-state index in [0.717, 1.165) is 6.42 Å². The van der Waals surface area contributed by atoms with Gasteiger partial charge in [-0.15, -0.1) is 10.1 Å². The van der Waals surface area contributed by atoms with Gasteiger partial charge in [0, 0.05) is 10.8 Å². The van der Waals surface area contributed by atoms with Gasteiger partial charge in [0.1, 0.15) is 6.10 Å². The van der Waals surface area contributed by atoms with Crippen molar-refractivity contribution >= 4 is 0 Å². The molecule has 4 aliphatic carbocycles. The lowest BCUT2D eigenvalue weighted by atomic mass is 10.1. The summed E-state index contributed by atoms with van der Waals surface area (Å²) in [4.78, 5) is 25.1. The van der Waals surface area contributed by atoms with Gasteiger partial charge in [-0.2, -0.15) is 0 Å².